The summed E-state index contributed by atoms with van der Waals surface area (Å²) in [5.41, 5.74) is 5.75. The minimum Gasteiger partial charge on any atom is -0.494 e. The van der Waals surface area contributed by atoms with Gasteiger partial charge in [-0.05, 0) is 200 Å². The number of ether oxygens (including phenoxy) is 7. The van der Waals surface area contributed by atoms with E-state index in [1.807, 2.05) is 43.3 Å². The van der Waals surface area contributed by atoms with E-state index >= 15 is 0 Å². The molecule has 13 nitrogen and oxygen atoms in total. The molecule has 4 aromatic rings. The zero-order valence-electron chi connectivity index (χ0n) is 50.2. The number of aryl methyl sites for hydroxylation is 1. The van der Waals surface area contributed by atoms with Gasteiger partial charge in [-0.2, -0.15) is 0 Å². The normalized spacial score (nSPS) is 13.9. The maximum atomic E-state index is 12.7. The van der Waals surface area contributed by atoms with Gasteiger partial charge in [0, 0.05) is 25.7 Å². The van der Waals surface area contributed by atoms with Crippen molar-refractivity contribution in [2.24, 2.45) is 5.92 Å². The molecule has 0 N–H and O–H groups in total. The van der Waals surface area contributed by atoms with E-state index in [0.29, 0.717) is 145 Å². The molecule has 0 spiro atoms. The molecule has 454 valence electrons. The molecular weight excluding hydrogens is 1050 g/mol. The van der Waals surface area contributed by atoms with Gasteiger partial charge in [-0.15, -0.1) is 0 Å². The van der Waals surface area contributed by atoms with Crippen LogP contribution in [-0.2, 0) is 42.9 Å². The number of benzene rings is 4. The molecule has 1 fully saturated rings. The lowest BCUT2D eigenvalue weighted by Gasteiger charge is -2.29. The maximum absolute atomic E-state index is 12.7. The predicted molar refractivity (Wildman–Crippen MR) is 324 cm³/mol. The van der Waals surface area contributed by atoms with E-state index in [9.17, 15) is 28.8 Å². The highest BCUT2D eigenvalue weighted by atomic mass is 16.6. The number of carbonyl (C=O) groups is 6. The molecule has 1 aliphatic carbocycles. The highest BCUT2D eigenvalue weighted by Crippen LogP contribution is 2.38. The van der Waals surface area contributed by atoms with E-state index in [4.69, 9.17) is 33.2 Å². The summed E-state index contributed by atoms with van der Waals surface area (Å²) >= 11 is 0. The SMILES string of the molecule is CCCCCC1CCC(c2ccc(-c3ccc(C(=O)OCCCCCC(=O)OCCCCCC(=O)OCCCCCC(=O)OCCCCCC(=O)OCCCCCCCCOc4ccc(C(=O)Oc5ccc(C)cc5)cc4)cc3)cc2)CC1. The van der Waals surface area contributed by atoms with Gasteiger partial charge in [0.15, 0.2) is 0 Å². The van der Waals surface area contributed by atoms with E-state index in [0.717, 1.165) is 86.8 Å². The molecule has 0 unspecified atom stereocenters. The van der Waals surface area contributed by atoms with Gasteiger partial charge in [0.1, 0.15) is 11.5 Å². The molecule has 5 rings (SSSR count). The maximum Gasteiger partial charge on any atom is 0.343 e. The molecule has 4 aromatic carbocycles. The first-order valence-corrected chi connectivity index (χ1v) is 31.6. The van der Waals surface area contributed by atoms with Crippen molar-refractivity contribution in [3.05, 3.63) is 119 Å². The van der Waals surface area contributed by atoms with Crippen LogP contribution in [0.4, 0.5) is 0 Å². The fourth-order valence-corrected chi connectivity index (χ4v) is 10.2. The molecule has 0 bridgehead atoms. The van der Waals surface area contributed by atoms with Crippen molar-refractivity contribution < 1.29 is 61.9 Å². The molecule has 0 aromatic heterocycles. The second kappa shape index (κ2) is 41.5. The minimum atomic E-state index is -0.405. The lowest BCUT2D eigenvalue weighted by atomic mass is 9.77. The summed E-state index contributed by atoms with van der Waals surface area (Å²) < 4.78 is 38.2. The van der Waals surface area contributed by atoms with Gasteiger partial charge in [-0.25, -0.2) is 9.59 Å². The van der Waals surface area contributed by atoms with Gasteiger partial charge in [-0.1, -0.05) is 112 Å². The summed E-state index contributed by atoms with van der Waals surface area (Å²) in [5.74, 6) is 1.12. The van der Waals surface area contributed by atoms with Crippen LogP contribution in [0.3, 0.4) is 0 Å². The average molecular weight is 1150 g/mol. The second-order valence-electron chi connectivity index (χ2n) is 22.4. The van der Waals surface area contributed by atoms with Crippen molar-refractivity contribution in [3.8, 4) is 22.6 Å². The Hall–Kier alpha value is -6.50. The van der Waals surface area contributed by atoms with Crippen molar-refractivity contribution >= 4 is 35.8 Å². The molecule has 0 amide bonds. The Balaban J connectivity index is 0.718. The van der Waals surface area contributed by atoms with Crippen LogP contribution in [0.25, 0.3) is 11.1 Å². The van der Waals surface area contributed by atoms with Crippen LogP contribution >= 0.6 is 0 Å². The summed E-state index contributed by atoms with van der Waals surface area (Å²) in [6.07, 6.45) is 26.4. The van der Waals surface area contributed by atoms with Gasteiger partial charge >= 0.3 is 35.8 Å². The van der Waals surface area contributed by atoms with E-state index in [-0.39, 0.29) is 29.8 Å². The Morgan fingerprint density at radius 2 is 0.759 bits per heavy atom. The summed E-state index contributed by atoms with van der Waals surface area (Å²) in [5, 5.41) is 0. The van der Waals surface area contributed by atoms with E-state index in [1.165, 1.54) is 56.9 Å². The van der Waals surface area contributed by atoms with Gasteiger partial charge < -0.3 is 33.2 Å². The number of hydrogen-bond donors (Lipinski definition) is 0. The van der Waals surface area contributed by atoms with Crippen LogP contribution in [-0.4, -0.2) is 75.5 Å². The fourth-order valence-electron chi connectivity index (χ4n) is 10.2. The third kappa shape index (κ3) is 29.5. The number of unbranched alkanes of at least 4 members (excludes halogenated alkanes) is 15. The number of esters is 6. The number of hydrogen-bond acceptors (Lipinski definition) is 13. The summed E-state index contributed by atoms with van der Waals surface area (Å²) in [7, 11) is 0. The predicted octanol–water partition coefficient (Wildman–Crippen LogP) is 16.7. The van der Waals surface area contributed by atoms with Gasteiger partial charge in [0.05, 0.1) is 50.8 Å². The molecule has 83 heavy (non-hydrogen) atoms. The lowest BCUT2D eigenvalue weighted by Crippen LogP contribution is -2.13. The molecule has 0 aliphatic heterocycles. The molecule has 0 heterocycles. The van der Waals surface area contributed by atoms with Gasteiger partial charge in [0.25, 0.3) is 0 Å². The average Bonchev–Trinajstić information content (AvgIpc) is 3.65. The summed E-state index contributed by atoms with van der Waals surface area (Å²) in [6.45, 7) is 6.54. The first-order chi connectivity index (χ1) is 40.6. The lowest BCUT2D eigenvalue weighted by molar-refractivity contribution is -0.145. The van der Waals surface area contributed by atoms with E-state index in [1.54, 1.807) is 36.4 Å². The Morgan fingerprint density at radius 3 is 1.23 bits per heavy atom. The van der Waals surface area contributed by atoms with Crippen molar-refractivity contribution in [2.75, 3.05) is 39.6 Å². The standard InChI is InChI=1S/C70H96O13/c1-3-4-13-24-56-31-33-57(34-32-56)58-35-37-59(38-36-58)60-39-41-61(42-40-60)69(75)82-54-23-12-17-28-68(74)81-53-22-11-16-27-67(73)80-52-21-10-15-26-66(72)79-51-20-9-14-25-65(71)78-50-19-8-6-5-7-18-49-77-63-47-43-62(44-48-63)70(76)83-64-45-29-55(2)30-46-64/h29-30,35-48,56-57H,3-28,31-34,49-54H2,1-2H3. The monoisotopic (exact) mass is 1140 g/mol. The zero-order chi connectivity index (χ0) is 59.0. The highest BCUT2D eigenvalue weighted by Gasteiger charge is 2.22. The number of carbonyl (C=O) groups excluding carboxylic acids is 6. The highest BCUT2D eigenvalue weighted by molar-refractivity contribution is 5.91. The molecule has 13 heteroatoms. The van der Waals surface area contributed by atoms with Gasteiger partial charge in [0.2, 0.25) is 0 Å². The van der Waals surface area contributed by atoms with E-state index in [2.05, 4.69) is 31.2 Å². The Bertz CT molecular complexity index is 2440. The molecule has 0 saturated heterocycles. The van der Waals surface area contributed by atoms with Crippen LogP contribution in [0.15, 0.2) is 97.1 Å². The fraction of sp³-hybridized carbons (Fsp3) is 0.571. The second-order valence-corrected chi connectivity index (χ2v) is 22.4. The van der Waals surface area contributed by atoms with Crippen LogP contribution in [0.2, 0.25) is 0 Å². The van der Waals surface area contributed by atoms with Crippen LogP contribution in [0.5, 0.6) is 11.5 Å². The largest absolute Gasteiger partial charge is 0.494 e. The Kier molecular flexibility index (Phi) is 33.6. The summed E-state index contributed by atoms with van der Waals surface area (Å²) in [6, 6.07) is 30.9. The smallest absolute Gasteiger partial charge is 0.343 e. The first kappa shape index (κ1) is 67.3. The Labute approximate surface area is 495 Å². The number of rotatable bonds is 43. The third-order valence-electron chi connectivity index (χ3n) is 15.4. The molecule has 1 saturated carbocycles. The molecular formula is C70H96O13. The first-order valence-electron chi connectivity index (χ1n) is 31.6. The van der Waals surface area contributed by atoms with Crippen molar-refractivity contribution in [1.29, 1.82) is 0 Å². The summed E-state index contributed by atoms with van der Waals surface area (Å²) in [4.78, 5) is 73.6. The van der Waals surface area contributed by atoms with Crippen LogP contribution in [0, 0.1) is 12.8 Å². The van der Waals surface area contributed by atoms with Crippen LogP contribution < -0.4 is 9.47 Å². The minimum absolute atomic E-state index is 0.191. The molecule has 0 radical (unpaired) electrons. The Morgan fingerprint density at radius 1 is 0.373 bits per heavy atom. The third-order valence-corrected chi connectivity index (χ3v) is 15.4. The van der Waals surface area contributed by atoms with Crippen LogP contribution in [0.1, 0.15) is 237 Å². The van der Waals surface area contributed by atoms with Crippen molar-refractivity contribution in [1.82, 2.24) is 0 Å². The van der Waals surface area contributed by atoms with Crippen molar-refractivity contribution in [2.45, 2.75) is 212 Å². The molecule has 1 aliphatic rings. The van der Waals surface area contributed by atoms with E-state index < -0.39 is 5.97 Å². The molecule has 0 atom stereocenters. The zero-order valence-corrected chi connectivity index (χ0v) is 50.2. The van der Waals surface area contributed by atoms with Gasteiger partial charge in [-0.3, -0.25) is 19.2 Å². The quantitative estimate of drug-likeness (QED) is 0.0178. The van der Waals surface area contributed by atoms with Crippen molar-refractivity contribution in [3.63, 3.8) is 0 Å². The topological polar surface area (TPSA) is 167 Å².